The summed E-state index contributed by atoms with van der Waals surface area (Å²) in [7, 11) is 0. The lowest BCUT2D eigenvalue weighted by molar-refractivity contribution is 0.0964. The molecule has 0 atom stereocenters. The van der Waals surface area contributed by atoms with Crippen molar-refractivity contribution in [2.24, 2.45) is 0 Å². The van der Waals surface area contributed by atoms with Crippen LogP contribution in [0.15, 0.2) is 36.4 Å². The third-order valence-corrected chi connectivity index (χ3v) is 8.12. The molecular formula is C31H38N2O3. The Labute approximate surface area is 214 Å². The summed E-state index contributed by atoms with van der Waals surface area (Å²) in [6.07, 6.45) is 10.4. The van der Waals surface area contributed by atoms with Crippen LogP contribution in [0, 0.1) is 0 Å². The fourth-order valence-corrected chi connectivity index (χ4v) is 6.01. The van der Waals surface area contributed by atoms with Gasteiger partial charge in [-0.2, -0.15) is 0 Å². The van der Waals surface area contributed by atoms with Crippen LogP contribution in [0.4, 0.5) is 0 Å². The molecule has 0 unspecified atom stereocenters. The van der Waals surface area contributed by atoms with Crippen LogP contribution in [-0.4, -0.2) is 66.4 Å². The highest BCUT2D eigenvalue weighted by molar-refractivity contribution is 6.23. The van der Waals surface area contributed by atoms with Crippen molar-refractivity contribution in [2.75, 3.05) is 39.3 Å². The molecule has 2 aliphatic heterocycles. The van der Waals surface area contributed by atoms with E-state index in [1.54, 1.807) is 18.2 Å². The van der Waals surface area contributed by atoms with Gasteiger partial charge in [0.1, 0.15) is 0 Å². The first-order valence-electron chi connectivity index (χ1n) is 13.9. The monoisotopic (exact) mass is 486 g/mol. The molecule has 0 amide bonds. The zero-order chi connectivity index (χ0) is 24.9. The quantitative estimate of drug-likeness (QED) is 0.339. The maximum absolute atomic E-state index is 13.1. The van der Waals surface area contributed by atoms with Gasteiger partial charge in [0.2, 0.25) is 0 Å². The van der Waals surface area contributed by atoms with Crippen molar-refractivity contribution in [3.05, 3.63) is 58.7 Å². The third-order valence-electron chi connectivity index (χ3n) is 8.12. The molecule has 0 aromatic heterocycles. The molecule has 5 heteroatoms. The van der Waals surface area contributed by atoms with Crippen molar-refractivity contribution in [1.82, 2.24) is 9.80 Å². The SMILES string of the molecule is O=C(CCCN1CCCCC1)c1ccc2c(c1)C(=O)c1ccc(C(=O)CCCN3CCCCC3)cc1-2. The first-order valence-corrected chi connectivity index (χ1v) is 13.9. The van der Waals surface area contributed by atoms with Crippen molar-refractivity contribution >= 4 is 17.3 Å². The number of nitrogens with zero attached hydrogens (tertiary/aromatic N) is 2. The molecule has 2 fully saturated rings. The van der Waals surface area contributed by atoms with Crippen LogP contribution in [0.5, 0.6) is 0 Å². The molecule has 0 N–H and O–H groups in total. The largest absolute Gasteiger partial charge is 0.303 e. The molecule has 2 saturated heterocycles. The lowest BCUT2D eigenvalue weighted by Gasteiger charge is -2.26. The highest BCUT2D eigenvalue weighted by atomic mass is 16.1. The highest BCUT2D eigenvalue weighted by Crippen LogP contribution is 2.38. The zero-order valence-corrected chi connectivity index (χ0v) is 21.4. The maximum atomic E-state index is 13.1. The molecule has 5 nitrogen and oxygen atoms in total. The molecule has 0 spiro atoms. The number of hydrogen-bond donors (Lipinski definition) is 0. The molecule has 5 rings (SSSR count). The predicted molar refractivity (Wildman–Crippen MR) is 143 cm³/mol. The summed E-state index contributed by atoms with van der Waals surface area (Å²) in [6.45, 7) is 6.53. The number of ketones is 3. The summed E-state index contributed by atoms with van der Waals surface area (Å²) in [5.74, 6) is 0.186. The summed E-state index contributed by atoms with van der Waals surface area (Å²) < 4.78 is 0. The van der Waals surface area contributed by atoms with Crippen molar-refractivity contribution in [1.29, 1.82) is 0 Å². The van der Waals surface area contributed by atoms with Crippen molar-refractivity contribution in [2.45, 2.75) is 64.2 Å². The Kier molecular flexibility index (Phi) is 8.08. The van der Waals surface area contributed by atoms with Crippen molar-refractivity contribution < 1.29 is 14.4 Å². The number of Topliss-reactive ketones (excluding diaryl/α,β-unsaturated/α-hetero) is 2. The van der Waals surface area contributed by atoms with Crippen molar-refractivity contribution in [3.8, 4) is 11.1 Å². The molecule has 2 aromatic rings. The van der Waals surface area contributed by atoms with E-state index >= 15 is 0 Å². The van der Waals surface area contributed by atoms with E-state index in [0.717, 1.165) is 63.2 Å². The Balaban J connectivity index is 1.21. The van der Waals surface area contributed by atoms with Crippen LogP contribution in [0.3, 0.4) is 0 Å². The number of benzene rings is 2. The third kappa shape index (κ3) is 5.68. The van der Waals surface area contributed by atoms with E-state index < -0.39 is 0 Å². The van der Waals surface area contributed by atoms with Crippen LogP contribution >= 0.6 is 0 Å². The second-order valence-corrected chi connectivity index (χ2v) is 10.7. The van der Waals surface area contributed by atoms with Gasteiger partial charge in [0.05, 0.1) is 0 Å². The van der Waals surface area contributed by atoms with Crippen molar-refractivity contribution in [3.63, 3.8) is 0 Å². The minimum absolute atomic E-state index is 0.0490. The second kappa shape index (κ2) is 11.6. The summed E-state index contributed by atoms with van der Waals surface area (Å²) in [6, 6.07) is 11.0. The predicted octanol–water partition coefficient (Wildman–Crippen LogP) is 5.80. The van der Waals surface area contributed by atoms with Crippen LogP contribution in [-0.2, 0) is 0 Å². The second-order valence-electron chi connectivity index (χ2n) is 10.7. The zero-order valence-electron chi connectivity index (χ0n) is 21.4. The molecule has 2 aromatic carbocycles. The van der Waals surface area contributed by atoms with Gasteiger partial charge < -0.3 is 9.80 Å². The normalized spacial score (nSPS) is 18.2. The van der Waals surface area contributed by atoms with Gasteiger partial charge >= 0.3 is 0 Å². The van der Waals surface area contributed by atoms with Gasteiger partial charge in [-0.25, -0.2) is 0 Å². The number of piperidine rings is 2. The van der Waals surface area contributed by atoms with Gasteiger partial charge in [-0.15, -0.1) is 0 Å². The van der Waals surface area contributed by atoms with Crippen LogP contribution in [0.25, 0.3) is 11.1 Å². The van der Waals surface area contributed by atoms with Crippen LogP contribution in [0.2, 0.25) is 0 Å². The summed E-state index contributed by atoms with van der Waals surface area (Å²) >= 11 is 0. The van der Waals surface area contributed by atoms with E-state index in [4.69, 9.17) is 0 Å². The van der Waals surface area contributed by atoms with E-state index in [-0.39, 0.29) is 17.3 Å². The lowest BCUT2D eigenvalue weighted by atomic mass is 9.97. The van der Waals surface area contributed by atoms with E-state index in [9.17, 15) is 14.4 Å². The maximum Gasteiger partial charge on any atom is 0.194 e. The molecule has 0 bridgehead atoms. The molecule has 1 aliphatic carbocycles. The fourth-order valence-electron chi connectivity index (χ4n) is 6.01. The molecule has 0 radical (unpaired) electrons. The molecular weight excluding hydrogens is 448 g/mol. The smallest absolute Gasteiger partial charge is 0.194 e. The van der Waals surface area contributed by atoms with E-state index in [1.165, 1.54) is 38.5 Å². The van der Waals surface area contributed by atoms with Gasteiger partial charge in [-0.05, 0) is 107 Å². The number of carbonyl (C=O) groups is 3. The Bertz CT molecular complexity index is 1130. The summed E-state index contributed by atoms with van der Waals surface area (Å²) in [5.41, 5.74) is 4.16. The minimum atomic E-state index is -0.0490. The number of likely N-dealkylation sites (tertiary alicyclic amines) is 2. The average molecular weight is 487 g/mol. The Morgan fingerprint density at radius 1 is 0.583 bits per heavy atom. The van der Waals surface area contributed by atoms with Gasteiger partial charge in [0, 0.05) is 35.1 Å². The van der Waals surface area contributed by atoms with E-state index in [0.29, 0.717) is 35.1 Å². The number of rotatable bonds is 10. The Hall–Kier alpha value is -2.63. The molecule has 190 valence electrons. The highest BCUT2D eigenvalue weighted by Gasteiger charge is 2.28. The van der Waals surface area contributed by atoms with Gasteiger partial charge in [-0.1, -0.05) is 31.0 Å². The van der Waals surface area contributed by atoms with E-state index in [2.05, 4.69) is 9.80 Å². The van der Waals surface area contributed by atoms with Gasteiger partial charge in [-0.3, -0.25) is 14.4 Å². The minimum Gasteiger partial charge on any atom is -0.303 e. The number of carbonyl (C=O) groups excluding carboxylic acids is 3. The number of hydrogen-bond acceptors (Lipinski definition) is 5. The topological polar surface area (TPSA) is 57.7 Å². The summed E-state index contributed by atoms with van der Waals surface area (Å²) in [5, 5.41) is 0. The Morgan fingerprint density at radius 3 is 1.58 bits per heavy atom. The standard InChI is InChI=1S/C31H38N2O3/c34-29(9-7-19-32-15-3-1-4-16-32)23-12-14-26-27(21-23)25-13-11-24(22-28(25)31(26)36)30(35)10-8-20-33-17-5-2-6-18-33/h11-14,21-22H,1-10,15-20H2. The first-order chi connectivity index (χ1) is 17.6. The van der Waals surface area contributed by atoms with Gasteiger partial charge in [0.25, 0.3) is 0 Å². The molecule has 2 heterocycles. The molecule has 0 saturated carbocycles. The van der Waals surface area contributed by atoms with Gasteiger partial charge in [0.15, 0.2) is 17.3 Å². The average Bonchev–Trinajstić information content (AvgIpc) is 3.20. The molecule has 36 heavy (non-hydrogen) atoms. The first kappa shape index (κ1) is 25.0. The van der Waals surface area contributed by atoms with E-state index in [1.807, 2.05) is 18.2 Å². The Morgan fingerprint density at radius 2 is 1.06 bits per heavy atom. The van der Waals surface area contributed by atoms with Crippen LogP contribution in [0.1, 0.15) is 101 Å². The fraction of sp³-hybridized carbons (Fsp3) is 0.516. The molecule has 3 aliphatic rings. The number of fused-ring (bicyclic) bond motifs is 3. The summed E-state index contributed by atoms with van der Waals surface area (Å²) in [4.78, 5) is 43.7. The lowest BCUT2D eigenvalue weighted by Crippen LogP contribution is -2.30. The van der Waals surface area contributed by atoms with Crippen LogP contribution < -0.4 is 0 Å².